The largest absolute Gasteiger partial charge is 0.490 e. The molecule has 3 aliphatic carbocycles. The number of ether oxygens (including phenoxy) is 4. The molecule has 4 atom stereocenters. The number of hydrogen-bond donors (Lipinski definition) is 0. The molecule has 4 unspecified atom stereocenters. The highest BCUT2D eigenvalue weighted by molar-refractivity contribution is 5.43. The quantitative estimate of drug-likeness (QED) is 0.351. The lowest BCUT2D eigenvalue weighted by atomic mass is 9.72. The average molecular weight is 535 g/mol. The average Bonchev–Trinajstić information content (AvgIpc) is 3.76. The van der Waals surface area contributed by atoms with E-state index in [1.54, 1.807) is 51.4 Å². The molecule has 2 aromatic carbocycles. The van der Waals surface area contributed by atoms with Gasteiger partial charge >= 0.3 is 0 Å². The van der Waals surface area contributed by atoms with Crippen molar-refractivity contribution in [2.75, 3.05) is 26.4 Å². The zero-order valence-corrected chi connectivity index (χ0v) is 25.2. The summed E-state index contributed by atoms with van der Waals surface area (Å²) in [4.78, 5) is 0. The molecule has 4 heteroatoms. The van der Waals surface area contributed by atoms with Crippen LogP contribution in [-0.2, 0) is 9.47 Å². The summed E-state index contributed by atoms with van der Waals surface area (Å²) in [5.74, 6) is 4.38. The lowest BCUT2D eigenvalue weighted by Crippen LogP contribution is -2.23. The maximum atomic E-state index is 5.72. The Hall–Kier alpha value is -2.04. The molecule has 1 spiro atoms. The van der Waals surface area contributed by atoms with Gasteiger partial charge < -0.3 is 18.9 Å². The summed E-state index contributed by atoms with van der Waals surface area (Å²) in [7, 11) is 0. The van der Waals surface area contributed by atoms with E-state index >= 15 is 0 Å². The third kappa shape index (κ3) is 7.38. The maximum absolute atomic E-state index is 5.72. The van der Waals surface area contributed by atoms with Crippen molar-refractivity contribution in [3.8, 4) is 11.5 Å². The lowest BCUT2D eigenvalue weighted by molar-refractivity contribution is 0.171. The first-order valence-electron chi connectivity index (χ1n) is 15.4. The smallest absolute Gasteiger partial charge is 0.125 e. The third-order valence-electron chi connectivity index (χ3n) is 9.54. The van der Waals surface area contributed by atoms with Crippen molar-refractivity contribution in [2.24, 2.45) is 17.3 Å². The Morgan fingerprint density at radius 1 is 0.692 bits per heavy atom. The number of fused-ring (bicyclic) bond motifs is 3. The highest BCUT2D eigenvalue weighted by Gasteiger charge is 2.51. The molecule has 0 radical (unpaired) electrons. The van der Waals surface area contributed by atoms with Gasteiger partial charge in [-0.05, 0) is 113 Å². The van der Waals surface area contributed by atoms with Crippen LogP contribution in [0.3, 0.4) is 0 Å². The van der Waals surface area contributed by atoms with Gasteiger partial charge in [0.1, 0.15) is 36.9 Å². The topological polar surface area (TPSA) is 43.5 Å². The van der Waals surface area contributed by atoms with Gasteiger partial charge in [0.05, 0.1) is 13.2 Å². The predicted molar refractivity (Wildman–Crippen MR) is 158 cm³/mol. The molecule has 39 heavy (non-hydrogen) atoms. The zero-order chi connectivity index (χ0) is 27.6. The molecule has 2 aromatic rings. The van der Waals surface area contributed by atoms with E-state index in [1.165, 1.54) is 39.3 Å². The first-order valence-corrected chi connectivity index (χ1v) is 15.4. The van der Waals surface area contributed by atoms with Crippen LogP contribution >= 0.6 is 0 Å². The van der Waals surface area contributed by atoms with E-state index in [9.17, 15) is 0 Å². The van der Waals surface area contributed by atoms with Gasteiger partial charge in [0.15, 0.2) is 0 Å². The van der Waals surface area contributed by atoms with Gasteiger partial charge in [0.2, 0.25) is 0 Å². The van der Waals surface area contributed by atoms with Gasteiger partial charge in [0.25, 0.3) is 0 Å². The van der Waals surface area contributed by atoms with Crippen molar-refractivity contribution >= 4 is 0 Å². The lowest BCUT2D eigenvalue weighted by Gasteiger charge is -2.33. The second-order valence-electron chi connectivity index (χ2n) is 13.1. The Kier molecular flexibility index (Phi) is 8.93. The number of benzene rings is 2. The molecule has 4 nitrogen and oxygen atoms in total. The molecule has 0 amide bonds. The van der Waals surface area contributed by atoms with Gasteiger partial charge in [-0.15, -0.1) is 0 Å². The summed E-state index contributed by atoms with van der Waals surface area (Å²) in [6.45, 7) is 15.6. The van der Waals surface area contributed by atoms with E-state index in [0.717, 1.165) is 36.0 Å². The first kappa shape index (κ1) is 28.5. The van der Waals surface area contributed by atoms with Crippen molar-refractivity contribution in [1.29, 1.82) is 0 Å². The fraction of sp³-hybridized carbons (Fsp3) is 0.657. The normalized spacial score (nSPS) is 26.9. The fourth-order valence-electron chi connectivity index (χ4n) is 7.72. The van der Waals surface area contributed by atoms with Gasteiger partial charge in [-0.1, -0.05) is 54.7 Å². The summed E-state index contributed by atoms with van der Waals surface area (Å²) in [6.07, 6.45) is 13.3. The minimum Gasteiger partial charge on any atom is -0.490 e. The molecule has 5 aliphatic rings. The fourth-order valence-corrected chi connectivity index (χ4v) is 7.72. The van der Waals surface area contributed by atoms with Crippen LogP contribution in [0.15, 0.2) is 24.3 Å². The van der Waals surface area contributed by atoms with Crippen LogP contribution in [0, 0.1) is 58.8 Å². The van der Waals surface area contributed by atoms with Crippen LogP contribution in [-0.4, -0.2) is 38.6 Å². The van der Waals surface area contributed by atoms with E-state index in [0.29, 0.717) is 25.4 Å². The molecule has 3 saturated carbocycles. The Morgan fingerprint density at radius 3 is 1.46 bits per heavy atom. The highest BCUT2D eigenvalue weighted by atomic mass is 16.6. The maximum Gasteiger partial charge on any atom is 0.125 e. The minimum absolute atomic E-state index is 0.329. The Labute approximate surface area is 236 Å². The van der Waals surface area contributed by atoms with E-state index in [4.69, 9.17) is 18.9 Å². The van der Waals surface area contributed by atoms with Gasteiger partial charge in [-0.25, -0.2) is 0 Å². The second-order valence-corrected chi connectivity index (χ2v) is 13.1. The SMILES string of the molecule is C1CCC2(C1)CC1CCC2C1.Cc1cc(C)c(OCC2CO2)c(C)c1.Cc1cc(C)c(OCC2CO2)c(C)c1. The molecular weight excluding hydrogens is 484 g/mol. The summed E-state index contributed by atoms with van der Waals surface area (Å²) in [5.41, 5.74) is 8.32. The van der Waals surface area contributed by atoms with Crippen molar-refractivity contribution in [1.82, 2.24) is 0 Å². The number of epoxide rings is 2. The predicted octanol–water partition coefficient (Wildman–Crippen LogP) is 8.15. The molecule has 2 bridgehead atoms. The molecule has 5 fully saturated rings. The number of aryl methyl sites for hydroxylation is 6. The van der Waals surface area contributed by atoms with E-state index < -0.39 is 0 Å². The molecule has 0 aromatic heterocycles. The van der Waals surface area contributed by atoms with Crippen LogP contribution in [0.25, 0.3) is 0 Å². The molecular formula is C35H50O4. The molecule has 0 N–H and O–H groups in total. The monoisotopic (exact) mass is 534 g/mol. The van der Waals surface area contributed by atoms with Crippen molar-refractivity contribution in [3.63, 3.8) is 0 Å². The number of rotatable bonds is 6. The summed E-state index contributed by atoms with van der Waals surface area (Å²) in [5, 5.41) is 0. The molecule has 214 valence electrons. The Bertz CT molecular complexity index is 1010. The molecule has 2 saturated heterocycles. The van der Waals surface area contributed by atoms with Crippen molar-refractivity contribution in [2.45, 2.75) is 105 Å². The Morgan fingerprint density at radius 2 is 1.13 bits per heavy atom. The summed E-state index contributed by atoms with van der Waals surface area (Å²) >= 11 is 0. The van der Waals surface area contributed by atoms with Crippen molar-refractivity contribution < 1.29 is 18.9 Å². The number of hydrogen-bond acceptors (Lipinski definition) is 4. The summed E-state index contributed by atoms with van der Waals surface area (Å²) < 4.78 is 21.7. The highest BCUT2D eigenvalue weighted by Crippen LogP contribution is 2.62. The van der Waals surface area contributed by atoms with Crippen LogP contribution in [0.1, 0.15) is 84.7 Å². The van der Waals surface area contributed by atoms with E-state index in [1.807, 2.05) is 0 Å². The minimum atomic E-state index is 0.329. The Balaban J connectivity index is 0.000000119. The van der Waals surface area contributed by atoms with E-state index in [2.05, 4.69) is 65.8 Å². The molecule has 2 aliphatic heterocycles. The van der Waals surface area contributed by atoms with Gasteiger partial charge in [0, 0.05) is 0 Å². The van der Waals surface area contributed by atoms with Crippen molar-refractivity contribution in [3.05, 3.63) is 57.6 Å². The van der Waals surface area contributed by atoms with Crippen LogP contribution in [0.2, 0.25) is 0 Å². The first-order chi connectivity index (χ1) is 18.7. The van der Waals surface area contributed by atoms with E-state index in [-0.39, 0.29) is 0 Å². The molecule has 7 rings (SSSR count). The third-order valence-corrected chi connectivity index (χ3v) is 9.54. The van der Waals surface area contributed by atoms with Crippen LogP contribution in [0.5, 0.6) is 11.5 Å². The summed E-state index contributed by atoms with van der Waals surface area (Å²) in [6, 6.07) is 8.60. The zero-order valence-electron chi connectivity index (χ0n) is 25.2. The van der Waals surface area contributed by atoms with Gasteiger partial charge in [-0.2, -0.15) is 0 Å². The molecule has 2 heterocycles. The van der Waals surface area contributed by atoms with Crippen LogP contribution in [0.4, 0.5) is 0 Å². The van der Waals surface area contributed by atoms with Crippen LogP contribution < -0.4 is 9.47 Å². The van der Waals surface area contributed by atoms with Gasteiger partial charge in [-0.3, -0.25) is 0 Å². The standard InChI is InChI=1S/2C12H16O2.C11H18/c2*1-8-4-9(2)12(10(3)5-8)14-7-11-6-13-11;1-2-6-11(5-1)8-9-3-4-10(11)7-9/h2*4-5,11H,6-7H2,1-3H3;9-10H,1-8H2. The second kappa shape index (κ2) is 12.2.